The molecule has 17 heavy (non-hydrogen) atoms. The molecule has 1 rings (SSSR count). The largest absolute Gasteiger partial charge is 0.472 e. The van der Waals surface area contributed by atoms with Crippen molar-refractivity contribution in [3.8, 4) is 0 Å². The van der Waals surface area contributed by atoms with Crippen LogP contribution < -0.4 is 10.6 Å². The molecule has 1 aromatic rings. The van der Waals surface area contributed by atoms with Gasteiger partial charge in [-0.25, -0.2) is 0 Å². The highest BCUT2D eigenvalue weighted by Gasteiger charge is 2.12. The molecule has 0 fully saturated rings. The number of rotatable bonds is 5. The molecule has 94 valence electrons. The molecule has 2 amide bonds. The predicted molar refractivity (Wildman–Crippen MR) is 63.5 cm³/mol. The Labute approximate surface area is 101 Å². The Morgan fingerprint density at radius 1 is 1.35 bits per heavy atom. The molecule has 0 saturated heterocycles. The van der Waals surface area contributed by atoms with Gasteiger partial charge in [0.1, 0.15) is 6.26 Å². The fourth-order valence-electron chi connectivity index (χ4n) is 1.13. The van der Waals surface area contributed by atoms with Gasteiger partial charge in [-0.2, -0.15) is 0 Å². The third kappa shape index (κ3) is 4.30. The number of furan rings is 1. The van der Waals surface area contributed by atoms with Gasteiger partial charge in [-0.3, -0.25) is 9.59 Å². The highest BCUT2D eigenvalue weighted by Crippen LogP contribution is 2.00. The van der Waals surface area contributed by atoms with Crippen LogP contribution in [0.4, 0.5) is 0 Å². The van der Waals surface area contributed by atoms with Gasteiger partial charge in [-0.1, -0.05) is 13.8 Å². The Kier molecular flexibility index (Phi) is 4.75. The highest BCUT2D eigenvalue weighted by atomic mass is 16.3. The molecule has 0 aliphatic heterocycles. The lowest BCUT2D eigenvalue weighted by Crippen LogP contribution is -2.42. The molecular weight excluding hydrogens is 220 g/mol. The first-order valence-electron chi connectivity index (χ1n) is 5.60. The lowest BCUT2D eigenvalue weighted by atomic mass is 10.1. The second-order valence-electron chi connectivity index (χ2n) is 4.29. The van der Waals surface area contributed by atoms with E-state index >= 15 is 0 Å². The monoisotopic (exact) mass is 238 g/mol. The summed E-state index contributed by atoms with van der Waals surface area (Å²) in [7, 11) is 0. The van der Waals surface area contributed by atoms with Gasteiger partial charge >= 0.3 is 0 Å². The van der Waals surface area contributed by atoms with Crippen molar-refractivity contribution in [1.29, 1.82) is 0 Å². The zero-order valence-electron chi connectivity index (χ0n) is 10.3. The standard InChI is InChI=1S/C12H18N2O3/c1-8(2)9(3)14-11(15)6-13-12(16)10-4-5-17-7-10/h4-5,7-9H,6H2,1-3H3,(H,13,16)(H,14,15). The maximum Gasteiger partial charge on any atom is 0.254 e. The van der Waals surface area contributed by atoms with Crippen LogP contribution in [0.1, 0.15) is 31.1 Å². The third-order valence-electron chi connectivity index (χ3n) is 2.58. The average Bonchev–Trinajstić information content (AvgIpc) is 2.79. The first-order valence-corrected chi connectivity index (χ1v) is 5.60. The fourth-order valence-corrected chi connectivity index (χ4v) is 1.13. The van der Waals surface area contributed by atoms with Gasteiger partial charge in [-0.05, 0) is 18.9 Å². The minimum Gasteiger partial charge on any atom is -0.472 e. The van der Waals surface area contributed by atoms with Crippen LogP contribution in [0.5, 0.6) is 0 Å². The molecule has 0 aromatic carbocycles. The molecule has 1 atom stereocenters. The van der Waals surface area contributed by atoms with E-state index in [1.54, 1.807) is 6.07 Å². The number of hydrogen-bond donors (Lipinski definition) is 2. The van der Waals surface area contributed by atoms with Gasteiger partial charge < -0.3 is 15.1 Å². The SMILES string of the molecule is CC(C)C(C)NC(=O)CNC(=O)c1ccoc1. The Bertz CT molecular complexity index is 371. The molecule has 1 heterocycles. The van der Waals surface area contributed by atoms with Crippen LogP contribution >= 0.6 is 0 Å². The van der Waals surface area contributed by atoms with Crippen molar-refractivity contribution in [1.82, 2.24) is 10.6 Å². The molecule has 0 aliphatic rings. The molecule has 0 spiro atoms. The molecular formula is C12H18N2O3. The summed E-state index contributed by atoms with van der Waals surface area (Å²) in [5, 5.41) is 5.32. The molecule has 0 aliphatic carbocycles. The van der Waals surface area contributed by atoms with Gasteiger partial charge in [0.25, 0.3) is 5.91 Å². The molecule has 5 heteroatoms. The van der Waals surface area contributed by atoms with Crippen LogP contribution in [0, 0.1) is 5.92 Å². The Morgan fingerprint density at radius 3 is 2.59 bits per heavy atom. The van der Waals surface area contributed by atoms with Crippen molar-refractivity contribution in [2.75, 3.05) is 6.54 Å². The van der Waals surface area contributed by atoms with Crippen molar-refractivity contribution in [2.45, 2.75) is 26.8 Å². The van der Waals surface area contributed by atoms with Crippen LogP contribution in [-0.4, -0.2) is 24.4 Å². The summed E-state index contributed by atoms with van der Waals surface area (Å²) in [6.07, 6.45) is 2.75. The molecule has 2 N–H and O–H groups in total. The first kappa shape index (κ1) is 13.3. The summed E-state index contributed by atoms with van der Waals surface area (Å²) in [5.74, 6) is -0.141. The van der Waals surface area contributed by atoms with Crippen LogP contribution in [0.3, 0.4) is 0 Å². The normalized spacial score (nSPS) is 12.2. The van der Waals surface area contributed by atoms with Crippen LogP contribution in [0.2, 0.25) is 0 Å². The lowest BCUT2D eigenvalue weighted by Gasteiger charge is -2.17. The minimum atomic E-state index is -0.314. The smallest absolute Gasteiger partial charge is 0.254 e. The zero-order chi connectivity index (χ0) is 12.8. The average molecular weight is 238 g/mol. The minimum absolute atomic E-state index is 0.0267. The summed E-state index contributed by atoms with van der Waals surface area (Å²) in [5.41, 5.74) is 0.412. The maximum absolute atomic E-state index is 11.5. The Hall–Kier alpha value is -1.78. The molecule has 0 saturated carbocycles. The quantitative estimate of drug-likeness (QED) is 0.809. The zero-order valence-corrected chi connectivity index (χ0v) is 10.3. The summed E-state index contributed by atoms with van der Waals surface area (Å²) in [6.45, 7) is 5.95. The molecule has 0 radical (unpaired) electrons. The predicted octanol–water partition coefficient (Wildman–Crippen LogP) is 1.17. The van der Waals surface area contributed by atoms with E-state index in [0.717, 1.165) is 0 Å². The number of carbonyl (C=O) groups is 2. The first-order chi connectivity index (χ1) is 8.00. The van der Waals surface area contributed by atoms with E-state index in [-0.39, 0.29) is 24.4 Å². The van der Waals surface area contributed by atoms with E-state index in [2.05, 4.69) is 10.6 Å². The summed E-state index contributed by atoms with van der Waals surface area (Å²) < 4.78 is 4.78. The number of nitrogens with one attached hydrogen (secondary N) is 2. The van der Waals surface area contributed by atoms with Crippen molar-refractivity contribution in [3.05, 3.63) is 24.2 Å². The van der Waals surface area contributed by atoms with Crippen molar-refractivity contribution in [2.24, 2.45) is 5.92 Å². The van der Waals surface area contributed by atoms with E-state index in [0.29, 0.717) is 11.5 Å². The summed E-state index contributed by atoms with van der Waals surface area (Å²) >= 11 is 0. The van der Waals surface area contributed by atoms with E-state index in [4.69, 9.17) is 4.42 Å². The van der Waals surface area contributed by atoms with Gasteiger partial charge in [0.05, 0.1) is 18.4 Å². The van der Waals surface area contributed by atoms with Crippen LogP contribution in [-0.2, 0) is 4.79 Å². The second-order valence-corrected chi connectivity index (χ2v) is 4.29. The topological polar surface area (TPSA) is 71.3 Å². The van der Waals surface area contributed by atoms with Gasteiger partial charge in [-0.15, -0.1) is 0 Å². The van der Waals surface area contributed by atoms with Crippen LogP contribution in [0.15, 0.2) is 23.0 Å². The number of hydrogen-bond acceptors (Lipinski definition) is 3. The number of amides is 2. The lowest BCUT2D eigenvalue weighted by molar-refractivity contribution is -0.121. The molecule has 0 bridgehead atoms. The molecule has 1 aromatic heterocycles. The van der Waals surface area contributed by atoms with Gasteiger partial charge in [0.2, 0.25) is 5.91 Å². The third-order valence-corrected chi connectivity index (χ3v) is 2.58. The Morgan fingerprint density at radius 2 is 2.06 bits per heavy atom. The molecule has 5 nitrogen and oxygen atoms in total. The van der Waals surface area contributed by atoms with Crippen LogP contribution in [0.25, 0.3) is 0 Å². The maximum atomic E-state index is 11.5. The van der Waals surface area contributed by atoms with E-state index < -0.39 is 0 Å². The highest BCUT2D eigenvalue weighted by molar-refractivity contribution is 5.96. The van der Waals surface area contributed by atoms with E-state index in [9.17, 15) is 9.59 Å². The van der Waals surface area contributed by atoms with Crippen molar-refractivity contribution < 1.29 is 14.0 Å². The summed E-state index contributed by atoms with van der Waals surface area (Å²) in [6, 6.07) is 1.64. The fraction of sp³-hybridized carbons (Fsp3) is 0.500. The molecule has 1 unspecified atom stereocenters. The number of carbonyl (C=O) groups excluding carboxylic acids is 2. The van der Waals surface area contributed by atoms with E-state index in [1.807, 2.05) is 20.8 Å². The van der Waals surface area contributed by atoms with E-state index in [1.165, 1.54) is 12.5 Å². The Balaban J connectivity index is 2.31. The summed E-state index contributed by atoms with van der Waals surface area (Å²) in [4.78, 5) is 23.0. The van der Waals surface area contributed by atoms with Crippen molar-refractivity contribution in [3.63, 3.8) is 0 Å². The van der Waals surface area contributed by atoms with Gasteiger partial charge in [0.15, 0.2) is 0 Å². The van der Waals surface area contributed by atoms with Crippen molar-refractivity contribution >= 4 is 11.8 Å². The van der Waals surface area contributed by atoms with Gasteiger partial charge in [0, 0.05) is 6.04 Å². The second kappa shape index (κ2) is 6.08.